The van der Waals surface area contributed by atoms with Crippen molar-refractivity contribution in [3.8, 4) is 0 Å². The number of hydrogen-bond donors (Lipinski definition) is 2. The summed E-state index contributed by atoms with van der Waals surface area (Å²) in [6.07, 6.45) is -0.209. The van der Waals surface area contributed by atoms with Crippen LogP contribution < -0.4 is 5.32 Å². The molecule has 1 saturated heterocycles. The molecule has 1 aliphatic carbocycles. The third-order valence-electron chi connectivity index (χ3n) is 3.53. The number of carboxylic acids is 1. The summed E-state index contributed by atoms with van der Waals surface area (Å²) in [5, 5.41) is 10.4. The fraction of sp³-hybridized carbons (Fsp3) is 0.833. The number of carbonyl (C=O) groups excluding carboxylic acids is 1. The zero-order valence-corrected chi connectivity index (χ0v) is 11.2. The van der Waals surface area contributed by atoms with E-state index >= 15 is 0 Å². The second-order valence-corrected chi connectivity index (χ2v) is 4.92. The fourth-order valence-electron chi connectivity index (χ4n) is 2.06. The molecular weight excluding hydrogens is 277 g/mol. The molecule has 2 rings (SSSR count). The van der Waals surface area contributed by atoms with E-state index in [0.717, 1.165) is 13.0 Å². The molecule has 8 heteroatoms. The van der Waals surface area contributed by atoms with E-state index in [-0.39, 0.29) is 0 Å². The molecule has 5 nitrogen and oxygen atoms in total. The van der Waals surface area contributed by atoms with Crippen molar-refractivity contribution in [2.45, 2.75) is 50.9 Å². The number of nitrogens with one attached hydrogen (secondary N) is 1. The molecule has 0 aromatic rings. The van der Waals surface area contributed by atoms with Gasteiger partial charge in [-0.1, -0.05) is 6.92 Å². The molecule has 1 heterocycles. The maximum Gasteiger partial charge on any atom is 0.490 e. The van der Waals surface area contributed by atoms with Crippen LogP contribution in [0, 0.1) is 0 Å². The third-order valence-corrected chi connectivity index (χ3v) is 3.53. The number of carbonyl (C=O) groups is 2. The van der Waals surface area contributed by atoms with E-state index in [1.165, 1.54) is 19.3 Å². The summed E-state index contributed by atoms with van der Waals surface area (Å²) >= 11 is 0. The lowest BCUT2D eigenvalue weighted by atomic mass is 9.90. The van der Waals surface area contributed by atoms with Gasteiger partial charge < -0.3 is 15.3 Å². The van der Waals surface area contributed by atoms with Crippen LogP contribution in [0.3, 0.4) is 0 Å². The van der Waals surface area contributed by atoms with Crippen molar-refractivity contribution < 1.29 is 27.9 Å². The monoisotopic (exact) mass is 296 g/mol. The summed E-state index contributed by atoms with van der Waals surface area (Å²) in [5.74, 6) is -2.46. The Hall–Kier alpha value is -1.31. The number of nitrogens with zero attached hydrogens (tertiary/aromatic N) is 1. The Labute approximate surface area is 115 Å². The van der Waals surface area contributed by atoms with Crippen molar-refractivity contribution in [1.29, 1.82) is 0 Å². The second kappa shape index (κ2) is 6.92. The van der Waals surface area contributed by atoms with Crippen LogP contribution in [-0.2, 0) is 9.59 Å². The number of rotatable bonds is 2. The van der Waals surface area contributed by atoms with Crippen LogP contribution in [0.15, 0.2) is 0 Å². The van der Waals surface area contributed by atoms with E-state index < -0.39 is 12.1 Å². The Bertz CT molecular complexity index is 356. The molecule has 1 atom stereocenters. The maximum absolute atomic E-state index is 11.6. The molecule has 2 aliphatic rings. The summed E-state index contributed by atoms with van der Waals surface area (Å²) in [7, 11) is 0. The van der Waals surface area contributed by atoms with Gasteiger partial charge in [-0.05, 0) is 25.7 Å². The predicted octanol–water partition coefficient (Wildman–Crippen LogP) is 1.38. The normalized spacial score (nSPS) is 23.7. The minimum Gasteiger partial charge on any atom is -0.475 e. The fourth-order valence-corrected chi connectivity index (χ4v) is 2.06. The molecule has 2 fully saturated rings. The molecule has 0 bridgehead atoms. The first-order valence-corrected chi connectivity index (χ1v) is 6.58. The van der Waals surface area contributed by atoms with Gasteiger partial charge in [0.2, 0.25) is 5.91 Å². The number of carboxylic acid groups (broad SMARTS) is 1. The van der Waals surface area contributed by atoms with Crippen LogP contribution >= 0.6 is 0 Å². The highest BCUT2D eigenvalue weighted by Crippen LogP contribution is 2.26. The van der Waals surface area contributed by atoms with E-state index in [4.69, 9.17) is 9.90 Å². The molecule has 0 aromatic heterocycles. The molecule has 1 aliphatic heterocycles. The van der Waals surface area contributed by atoms with E-state index in [1.807, 2.05) is 0 Å². The molecule has 1 saturated carbocycles. The Balaban J connectivity index is 0.000000246. The van der Waals surface area contributed by atoms with Gasteiger partial charge in [-0.3, -0.25) is 4.79 Å². The summed E-state index contributed by atoms with van der Waals surface area (Å²) in [6, 6.07) is 1.10. The lowest BCUT2D eigenvalue weighted by Crippen LogP contribution is -2.58. The van der Waals surface area contributed by atoms with Crippen LogP contribution in [0.25, 0.3) is 0 Å². The molecule has 116 valence electrons. The van der Waals surface area contributed by atoms with Gasteiger partial charge in [0.05, 0.1) is 6.54 Å². The molecule has 0 radical (unpaired) electrons. The van der Waals surface area contributed by atoms with E-state index in [1.54, 1.807) is 0 Å². The Morgan fingerprint density at radius 3 is 2.35 bits per heavy atom. The van der Waals surface area contributed by atoms with Crippen molar-refractivity contribution in [3.63, 3.8) is 0 Å². The zero-order valence-electron chi connectivity index (χ0n) is 11.2. The van der Waals surface area contributed by atoms with Crippen LogP contribution in [0.1, 0.15) is 32.6 Å². The lowest BCUT2D eigenvalue weighted by molar-refractivity contribution is -0.192. The van der Waals surface area contributed by atoms with Gasteiger partial charge in [-0.2, -0.15) is 13.2 Å². The molecule has 1 amide bonds. The number of hydrogen-bond acceptors (Lipinski definition) is 3. The Kier molecular flexibility index (Phi) is 5.79. The van der Waals surface area contributed by atoms with Crippen LogP contribution in [-0.4, -0.2) is 53.2 Å². The van der Waals surface area contributed by atoms with Crippen LogP contribution in [0.4, 0.5) is 13.2 Å². The topological polar surface area (TPSA) is 69.6 Å². The van der Waals surface area contributed by atoms with Crippen molar-refractivity contribution in [2.24, 2.45) is 0 Å². The lowest BCUT2D eigenvalue weighted by Gasteiger charge is -2.42. The minimum atomic E-state index is -5.08. The highest BCUT2D eigenvalue weighted by Gasteiger charge is 2.38. The van der Waals surface area contributed by atoms with Gasteiger partial charge in [-0.25, -0.2) is 4.79 Å². The highest BCUT2D eigenvalue weighted by molar-refractivity contribution is 5.79. The predicted molar refractivity (Wildman–Crippen MR) is 65.1 cm³/mol. The van der Waals surface area contributed by atoms with Crippen molar-refractivity contribution in [3.05, 3.63) is 0 Å². The first-order chi connectivity index (χ1) is 9.25. The Morgan fingerprint density at radius 1 is 1.45 bits per heavy atom. The van der Waals surface area contributed by atoms with Gasteiger partial charge >= 0.3 is 12.1 Å². The molecule has 0 aromatic carbocycles. The van der Waals surface area contributed by atoms with Crippen LogP contribution in [0.5, 0.6) is 0 Å². The number of halogens is 3. The molecule has 2 N–H and O–H groups in total. The standard InChI is InChI=1S/C10H18N2O.C2HF3O2/c1-2-8-7-12(9-4-3-5-9)10(13)6-11-8;3-2(4,5)1(6)7/h8-9,11H,2-7H2,1H3;(H,6,7). The summed E-state index contributed by atoms with van der Waals surface area (Å²) in [5.41, 5.74) is 0. The van der Waals surface area contributed by atoms with Crippen molar-refractivity contribution in [1.82, 2.24) is 10.2 Å². The molecule has 20 heavy (non-hydrogen) atoms. The largest absolute Gasteiger partial charge is 0.490 e. The number of alkyl halides is 3. The molecule has 1 unspecified atom stereocenters. The summed E-state index contributed by atoms with van der Waals surface area (Å²) in [4.78, 5) is 22.5. The maximum atomic E-state index is 11.6. The van der Waals surface area contributed by atoms with Crippen molar-refractivity contribution >= 4 is 11.9 Å². The van der Waals surface area contributed by atoms with Crippen molar-refractivity contribution in [2.75, 3.05) is 13.1 Å². The smallest absolute Gasteiger partial charge is 0.475 e. The first-order valence-electron chi connectivity index (χ1n) is 6.58. The summed E-state index contributed by atoms with van der Waals surface area (Å²) < 4.78 is 31.7. The quantitative estimate of drug-likeness (QED) is 0.808. The third kappa shape index (κ3) is 4.66. The zero-order chi connectivity index (χ0) is 15.3. The highest BCUT2D eigenvalue weighted by atomic mass is 19.4. The molecular formula is C12H19F3N2O3. The van der Waals surface area contributed by atoms with Gasteiger partial charge in [0.25, 0.3) is 0 Å². The van der Waals surface area contributed by atoms with E-state index in [2.05, 4.69) is 17.1 Å². The average Bonchev–Trinajstić information content (AvgIpc) is 2.29. The summed E-state index contributed by atoms with van der Waals surface area (Å²) in [6.45, 7) is 3.65. The van der Waals surface area contributed by atoms with Gasteiger partial charge in [0.1, 0.15) is 0 Å². The Morgan fingerprint density at radius 2 is 2.00 bits per heavy atom. The number of piperazine rings is 1. The van der Waals surface area contributed by atoms with E-state index in [0.29, 0.717) is 24.5 Å². The number of aliphatic carboxylic acids is 1. The van der Waals surface area contributed by atoms with Crippen LogP contribution in [0.2, 0.25) is 0 Å². The minimum absolute atomic E-state index is 0.300. The van der Waals surface area contributed by atoms with Gasteiger partial charge in [0, 0.05) is 18.6 Å². The second-order valence-electron chi connectivity index (χ2n) is 4.92. The molecule has 0 spiro atoms. The average molecular weight is 296 g/mol. The number of amides is 1. The van der Waals surface area contributed by atoms with Gasteiger partial charge in [-0.15, -0.1) is 0 Å². The first kappa shape index (κ1) is 16.7. The SMILES string of the molecule is CCC1CN(C2CCC2)C(=O)CN1.O=C(O)C(F)(F)F. The van der Waals surface area contributed by atoms with Gasteiger partial charge in [0.15, 0.2) is 0 Å². The van der Waals surface area contributed by atoms with E-state index in [9.17, 15) is 18.0 Å².